The molecule has 0 aliphatic rings. The molecule has 3 aromatic carbocycles. The molecule has 0 aliphatic carbocycles. The number of carbonyl (C=O) groups excluding carboxylic acids is 1. The van der Waals surface area contributed by atoms with E-state index < -0.39 is 22.5 Å². The lowest BCUT2D eigenvalue weighted by Gasteiger charge is -2.24. The highest BCUT2D eigenvalue weighted by molar-refractivity contribution is 7.92. The highest BCUT2D eigenvalue weighted by Crippen LogP contribution is 2.25. The summed E-state index contributed by atoms with van der Waals surface area (Å²) in [6, 6.07) is 20.2. The number of carbonyl (C=O) groups is 1. The number of hydrogen-bond acceptors (Lipinski definition) is 6. The Balaban J connectivity index is 1.78. The lowest BCUT2D eigenvalue weighted by atomic mass is 10.2. The quantitative estimate of drug-likeness (QED) is 0.319. The van der Waals surface area contributed by atoms with E-state index in [4.69, 9.17) is 9.47 Å². The van der Waals surface area contributed by atoms with Crippen LogP contribution in [0.1, 0.15) is 25.0 Å². The van der Waals surface area contributed by atoms with Gasteiger partial charge in [0.15, 0.2) is 0 Å². The smallest absolute Gasteiger partial charge is 0.264 e. The molecular weight excluding hydrogens is 466 g/mol. The van der Waals surface area contributed by atoms with Crippen molar-refractivity contribution in [1.82, 2.24) is 5.43 Å². The fraction of sp³-hybridized carbons (Fsp3) is 0.231. The molecule has 9 heteroatoms. The predicted octanol–water partition coefficient (Wildman–Crippen LogP) is 4.14. The summed E-state index contributed by atoms with van der Waals surface area (Å²) in [5.41, 5.74) is 4.50. The third-order valence-electron chi connectivity index (χ3n) is 4.93. The number of rotatable bonds is 11. The van der Waals surface area contributed by atoms with Gasteiger partial charge in [0.05, 0.1) is 30.0 Å². The SMILES string of the molecule is CCOc1ccc(/C=N/NC(=O)CN(c2ccc(C)cc2)S(=O)(=O)c2ccc(OCC)cc2)cc1. The monoisotopic (exact) mass is 495 g/mol. The average molecular weight is 496 g/mol. The number of nitrogens with one attached hydrogen (secondary N) is 1. The Morgan fingerprint density at radius 3 is 1.97 bits per heavy atom. The first-order valence-corrected chi connectivity index (χ1v) is 12.6. The normalized spacial score (nSPS) is 11.3. The summed E-state index contributed by atoms with van der Waals surface area (Å²) in [6.45, 7) is 6.25. The molecule has 0 atom stereocenters. The van der Waals surface area contributed by atoms with Gasteiger partial charge in [-0.2, -0.15) is 5.10 Å². The van der Waals surface area contributed by atoms with E-state index in [1.54, 1.807) is 60.7 Å². The topological polar surface area (TPSA) is 97.3 Å². The minimum absolute atomic E-state index is 0.0483. The summed E-state index contributed by atoms with van der Waals surface area (Å²) >= 11 is 0. The third-order valence-corrected chi connectivity index (χ3v) is 6.71. The van der Waals surface area contributed by atoms with Crippen molar-refractivity contribution in [2.24, 2.45) is 5.10 Å². The molecule has 0 fully saturated rings. The number of benzene rings is 3. The second-order valence-electron chi connectivity index (χ2n) is 7.55. The molecule has 184 valence electrons. The van der Waals surface area contributed by atoms with Crippen LogP contribution in [-0.2, 0) is 14.8 Å². The maximum atomic E-state index is 13.5. The minimum Gasteiger partial charge on any atom is -0.494 e. The van der Waals surface area contributed by atoms with Gasteiger partial charge in [-0.25, -0.2) is 13.8 Å². The van der Waals surface area contributed by atoms with E-state index in [1.807, 2.05) is 20.8 Å². The Kier molecular flexibility index (Phi) is 8.86. The number of hydrazone groups is 1. The Morgan fingerprint density at radius 2 is 1.43 bits per heavy atom. The standard InChI is InChI=1S/C26H29N3O5S/c1-4-33-23-12-8-21(9-13-23)18-27-28-26(30)19-29(22-10-6-20(3)7-11-22)35(31,32)25-16-14-24(15-17-25)34-5-2/h6-18H,4-5,19H2,1-3H3,(H,28,30)/b27-18+. The summed E-state index contributed by atoms with van der Waals surface area (Å²) in [5, 5.41) is 3.96. The van der Waals surface area contributed by atoms with Crippen molar-refractivity contribution in [3.63, 3.8) is 0 Å². The van der Waals surface area contributed by atoms with E-state index in [0.717, 1.165) is 21.2 Å². The zero-order chi connectivity index (χ0) is 25.3. The molecule has 35 heavy (non-hydrogen) atoms. The zero-order valence-corrected chi connectivity index (χ0v) is 20.8. The van der Waals surface area contributed by atoms with E-state index in [1.165, 1.54) is 18.3 Å². The summed E-state index contributed by atoms with van der Waals surface area (Å²) in [7, 11) is -4.03. The van der Waals surface area contributed by atoms with Gasteiger partial charge >= 0.3 is 0 Å². The molecule has 0 aromatic heterocycles. The summed E-state index contributed by atoms with van der Waals surface area (Å²) < 4.78 is 38.8. The van der Waals surface area contributed by atoms with Crippen LogP contribution in [0.3, 0.4) is 0 Å². The number of hydrogen-bond donors (Lipinski definition) is 1. The molecular formula is C26H29N3O5S. The van der Waals surface area contributed by atoms with E-state index in [9.17, 15) is 13.2 Å². The van der Waals surface area contributed by atoms with Gasteiger partial charge in [-0.05, 0) is 87.0 Å². The fourth-order valence-electron chi connectivity index (χ4n) is 3.19. The van der Waals surface area contributed by atoms with Crippen LogP contribution < -0.4 is 19.2 Å². The molecule has 3 rings (SSSR count). The Labute approximate surface area is 206 Å². The van der Waals surface area contributed by atoms with E-state index >= 15 is 0 Å². The number of amides is 1. The van der Waals surface area contributed by atoms with Crippen molar-refractivity contribution in [2.45, 2.75) is 25.7 Å². The molecule has 0 saturated heterocycles. The maximum Gasteiger partial charge on any atom is 0.264 e. The van der Waals surface area contributed by atoms with Gasteiger partial charge in [0.2, 0.25) is 0 Å². The predicted molar refractivity (Wildman–Crippen MR) is 137 cm³/mol. The van der Waals surface area contributed by atoms with E-state index in [0.29, 0.717) is 24.7 Å². The number of aryl methyl sites for hydroxylation is 1. The van der Waals surface area contributed by atoms with Crippen LogP contribution in [0.4, 0.5) is 5.69 Å². The lowest BCUT2D eigenvalue weighted by Crippen LogP contribution is -2.39. The van der Waals surface area contributed by atoms with Crippen LogP contribution in [0, 0.1) is 6.92 Å². The number of sulfonamides is 1. The van der Waals surface area contributed by atoms with E-state index in [2.05, 4.69) is 10.5 Å². The van der Waals surface area contributed by atoms with Crippen LogP contribution in [0.15, 0.2) is 82.8 Å². The molecule has 0 bridgehead atoms. The van der Waals surface area contributed by atoms with Gasteiger partial charge in [0.1, 0.15) is 18.0 Å². The van der Waals surface area contributed by atoms with Gasteiger partial charge in [0.25, 0.3) is 15.9 Å². The number of anilines is 1. The molecule has 0 heterocycles. The van der Waals surface area contributed by atoms with Crippen molar-refractivity contribution in [3.8, 4) is 11.5 Å². The highest BCUT2D eigenvalue weighted by atomic mass is 32.2. The van der Waals surface area contributed by atoms with Crippen LogP contribution in [0.25, 0.3) is 0 Å². The first-order valence-electron chi connectivity index (χ1n) is 11.2. The fourth-order valence-corrected chi connectivity index (χ4v) is 4.61. The Morgan fingerprint density at radius 1 is 0.886 bits per heavy atom. The Bertz CT molecular complexity index is 1240. The van der Waals surface area contributed by atoms with Crippen LogP contribution in [0.2, 0.25) is 0 Å². The van der Waals surface area contributed by atoms with Crippen LogP contribution >= 0.6 is 0 Å². The van der Waals surface area contributed by atoms with Crippen molar-refractivity contribution in [2.75, 3.05) is 24.1 Å². The number of nitrogens with zero attached hydrogens (tertiary/aromatic N) is 2. The molecule has 0 unspecified atom stereocenters. The van der Waals surface area contributed by atoms with Gasteiger partial charge in [-0.1, -0.05) is 17.7 Å². The number of ether oxygens (including phenoxy) is 2. The van der Waals surface area contributed by atoms with Crippen molar-refractivity contribution < 1.29 is 22.7 Å². The molecule has 1 amide bonds. The van der Waals surface area contributed by atoms with Crippen LogP contribution in [-0.4, -0.2) is 40.3 Å². The van der Waals surface area contributed by atoms with Gasteiger partial charge < -0.3 is 9.47 Å². The minimum atomic E-state index is -4.03. The second-order valence-corrected chi connectivity index (χ2v) is 9.41. The van der Waals surface area contributed by atoms with Gasteiger partial charge in [0, 0.05) is 0 Å². The van der Waals surface area contributed by atoms with Crippen molar-refractivity contribution >= 4 is 27.8 Å². The lowest BCUT2D eigenvalue weighted by molar-refractivity contribution is -0.119. The molecule has 0 spiro atoms. The van der Waals surface area contributed by atoms with Gasteiger partial charge in [-0.15, -0.1) is 0 Å². The molecule has 3 aromatic rings. The zero-order valence-electron chi connectivity index (χ0n) is 20.0. The molecule has 0 saturated carbocycles. The second kappa shape index (κ2) is 12.0. The summed E-state index contributed by atoms with van der Waals surface area (Å²) in [5.74, 6) is 0.721. The third kappa shape index (κ3) is 7.07. The first kappa shape index (κ1) is 25.8. The van der Waals surface area contributed by atoms with Crippen molar-refractivity contribution in [1.29, 1.82) is 0 Å². The summed E-state index contributed by atoms with van der Waals surface area (Å²) in [4.78, 5) is 12.7. The molecule has 8 nitrogen and oxygen atoms in total. The average Bonchev–Trinajstić information content (AvgIpc) is 2.85. The highest BCUT2D eigenvalue weighted by Gasteiger charge is 2.27. The maximum absolute atomic E-state index is 13.5. The molecule has 0 radical (unpaired) electrons. The van der Waals surface area contributed by atoms with Crippen molar-refractivity contribution in [3.05, 3.63) is 83.9 Å². The first-order chi connectivity index (χ1) is 16.8. The molecule has 1 N–H and O–H groups in total. The van der Waals surface area contributed by atoms with E-state index in [-0.39, 0.29) is 4.90 Å². The molecule has 0 aliphatic heterocycles. The van der Waals surface area contributed by atoms with Gasteiger partial charge in [-0.3, -0.25) is 9.10 Å². The summed E-state index contributed by atoms with van der Waals surface area (Å²) in [6.07, 6.45) is 1.48. The van der Waals surface area contributed by atoms with Crippen LogP contribution in [0.5, 0.6) is 11.5 Å². The largest absolute Gasteiger partial charge is 0.494 e. The Hall–Kier alpha value is -3.85.